The average Bonchev–Trinajstić information content (AvgIpc) is 2.41. The van der Waals surface area contributed by atoms with E-state index in [0.717, 1.165) is 30.2 Å². The molecule has 0 fully saturated rings. The Balaban J connectivity index is 2.38. The van der Waals surface area contributed by atoms with Crippen molar-refractivity contribution in [2.45, 2.75) is 34.1 Å². The second-order valence-corrected chi connectivity index (χ2v) is 4.94. The number of benzene rings is 1. The summed E-state index contributed by atoms with van der Waals surface area (Å²) in [5.41, 5.74) is 4.91. The van der Waals surface area contributed by atoms with Gasteiger partial charge in [0.15, 0.2) is 5.82 Å². The van der Waals surface area contributed by atoms with Crippen molar-refractivity contribution in [1.29, 1.82) is 0 Å². The molecule has 1 heterocycles. The molecule has 0 saturated carbocycles. The molecule has 19 heavy (non-hydrogen) atoms. The number of rotatable bonds is 4. The zero-order valence-electron chi connectivity index (χ0n) is 12.1. The third-order valence-corrected chi connectivity index (χ3v) is 3.29. The van der Waals surface area contributed by atoms with Gasteiger partial charge in [0.05, 0.1) is 0 Å². The molecule has 1 aromatic heterocycles. The molecule has 0 bridgehead atoms. The number of anilines is 1. The molecule has 3 nitrogen and oxygen atoms in total. The molecule has 0 aliphatic carbocycles. The van der Waals surface area contributed by atoms with E-state index in [1.54, 1.807) is 0 Å². The number of aromatic nitrogens is 2. The third-order valence-electron chi connectivity index (χ3n) is 3.29. The first kappa shape index (κ1) is 13.5. The lowest BCUT2D eigenvalue weighted by molar-refractivity contribution is 0.965. The van der Waals surface area contributed by atoms with E-state index in [9.17, 15) is 0 Å². The van der Waals surface area contributed by atoms with Gasteiger partial charge in [-0.15, -0.1) is 0 Å². The minimum Gasteiger partial charge on any atom is -0.370 e. The maximum atomic E-state index is 4.59. The molecule has 100 valence electrons. The van der Waals surface area contributed by atoms with Crippen molar-refractivity contribution in [3.8, 4) is 11.4 Å². The van der Waals surface area contributed by atoms with Gasteiger partial charge < -0.3 is 5.32 Å². The molecular weight excluding hydrogens is 234 g/mol. The zero-order valence-corrected chi connectivity index (χ0v) is 12.1. The molecule has 3 heteroatoms. The highest BCUT2D eigenvalue weighted by Gasteiger charge is 2.08. The van der Waals surface area contributed by atoms with E-state index in [-0.39, 0.29) is 0 Å². The van der Waals surface area contributed by atoms with Crippen molar-refractivity contribution in [2.24, 2.45) is 0 Å². The highest BCUT2D eigenvalue weighted by molar-refractivity contribution is 5.63. The Morgan fingerprint density at radius 2 is 1.79 bits per heavy atom. The van der Waals surface area contributed by atoms with Crippen LogP contribution in [-0.2, 0) is 0 Å². The van der Waals surface area contributed by atoms with Crippen molar-refractivity contribution in [3.63, 3.8) is 0 Å². The fraction of sp³-hybridized carbons (Fsp3) is 0.375. The molecule has 0 aliphatic rings. The molecular formula is C16H21N3. The fourth-order valence-electron chi connectivity index (χ4n) is 2.04. The van der Waals surface area contributed by atoms with Crippen LogP contribution in [0, 0.1) is 20.8 Å². The minimum absolute atomic E-state index is 0.793. The van der Waals surface area contributed by atoms with Gasteiger partial charge in [-0.3, -0.25) is 0 Å². The van der Waals surface area contributed by atoms with Crippen LogP contribution in [-0.4, -0.2) is 16.5 Å². The largest absolute Gasteiger partial charge is 0.370 e. The monoisotopic (exact) mass is 255 g/mol. The second-order valence-electron chi connectivity index (χ2n) is 4.94. The van der Waals surface area contributed by atoms with Crippen molar-refractivity contribution in [2.75, 3.05) is 11.9 Å². The van der Waals surface area contributed by atoms with Gasteiger partial charge in [0.1, 0.15) is 5.82 Å². The summed E-state index contributed by atoms with van der Waals surface area (Å²) in [6.45, 7) is 9.44. The normalized spacial score (nSPS) is 10.5. The molecule has 2 rings (SSSR count). The summed E-state index contributed by atoms with van der Waals surface area (Å²) in [5, 5.41) is 3.30. The van der Waals surface area contributed by atoms with Crippen LogP contribution >= 0.6 is 0 Å². The van der Waals surface area contributed by atoms with Crippen molar-refractivity contribution in [1.82, 2.24) is 9.97 Å². The van der Waals surface area contributed by atoms with E-state index in [4.69, 9.17) is 0 Å². The highest BCUT2D eigenvalue weighted by Crippen LogP contribution is 2.24. The number of hydrogen-bond donors (Lipinski definition) is 1. The SMILES string of the molecule is CCCNc1ccnc(-c2cc(C)c(C)cc2C)n1. The summed E-state index contributed by atoms with van der Waals surface area (Å²) in [7, 11) is 0. The van der Waals surface area contributed by atoms with E-state index in [2.05, 4.69) is 55.1 Å². The van der Waals surface area contributed by atoms with E-state index in [1.807, 2.05) is 12.3 Å². The Labute approximate surface area is 115 Å². The average molecular weight is 255 g/mol. The van der Waals surface area contributed by atoms with Crippen LogP contribution in [0.4, 0.5) is 5.82 Å². The van der Waals surface area contributed by atoms with Crippen LogP contribution in [0.2, 0.25) is 0 Å². The number of hydrogen-bond acceptors (Lipinski definition) is 3. The highest BCUT2D eigenvalue weighted by atomic mass is 15.0. The maximum absolute atomic E-state index is 4.59. The molecule has 2 aromatic rings. The first-order valence-corrected chi connectivity index (χ1v) is 6.77. The van der Waals surface area contributed by atoms with Crippen LogP contribution < -0.4 is 5.32 Å². The lowest BCUT2D eigenvalue weighted by Crippen LogP contribution is -2.03. The molecule has 0 spiro atoms. The molecule has 1 N–H and O–H groups in total. The number of aryl methyl sites for hydroxylation is 3. The van der Waals surface area contributed by atoms with Crippen molar-refractivity contribution in [3.05, 3.63) is 41.1 Å². The Hall–Kier alpha value is -1.90. The number of nitrogens with zero attached hydrogens (tertiary/aromatic N) is 2. The molecule has 0 atom stereocenters. The van der Waals surface area contributed by atoms with Gasteiger partial charge in [0, 0.05) is 18.3 Å². The molecule has 0 amide bonds. The molecule has 0 aliphatic heterocycles. The molecule has 0 radical (unpaired) electrons. The van der Waals surface area contributed by atoms with Gasteiger partial charge in [-0.25, -0.2) is 9.97 Å². The Morgan fingerprint density at radius 3 is 2.53 bits per heavy atom. The first-order chi connectivity index (χ1) is 9.11. The van der Waals surface area contributed by atoms with Gasteiger partial charge in [-0.2, -0.15) is 0 Å². The van der Waals surface area contributed by atoms with Crippen molar-refractivity contribution < 1.29 is 0 Å². The van der Waals surface area contributed by atoms with E-state index in [1.165, 1.54) is 16.7 Å². The van der Waals surface area contributed by atoms with Gasteiger partial charge in [0.25, 0.3) is 0 Å². The van der Waals surface area contributed by atoms with Gasteiger partial charge >= 0.3 is 0 Å². The maximum Gasteiger partial charge on any atom is 0.161 e. The van der Waals surface area contributed by atoms with E-state index >= 15 is 0 Å². The molecule has 0 unspecified atom stereocenters. The van der Waals surface area contributed by atoms with Crippen LogP contribution in [0.1, 0.15) is 30.0 Å². The van der Waals surface area contributed by atoms with E-state index in [0.29, 0.717) is 0 Å². The van der Waals surface area contributed by atoms with Gasteiger partial charge in [0.2, 0.25) is 0 Å². The lowest BCUT2D eigenvalue weighted by atomic mass is 10.0. The topological polar surface area (TPSA) is 37.8 Å². The van der Waals surface area contributed by atoms with Gasteiger partial charge in [-0.05, 0) is 56.0 Å². The Kier molecular flexibility index (Phi) is 4.15. The predicted octanol–water partition coefficient (Wildman–Crippen LogP) is 3.89. The standard InChI is InChI=1S/C16H21N3/c1-5-7-17-15-6-8-18-16(19-15)14-10-12(3)11(2)9-13(14)4/h6,8-10H,5,7H2,1-4H3,(H,17,18,19). The number of nitrogens with one attached hydrogen (secondary N) is 1. The quantitative estimate of drug-likeness (QED) is 0.900. The fourth-order valence-corrected chi connectivity index (χ4v) is 2.04. The zero-order chi connectivity index (χ0) is 13.8. The van der Waals surface area contributed by atoms with Crippen molar-refractivity contribution >= 4 is 5.82 Å². The summed E-state index contributed by atoms with van der Waals surface area (Å²) in [4.78, 5) is 8.99. The van der Waals surface area contributed by atoms with Gasteiger partial charge in [-0.1, -0.05) is 13.0 Å². The summed E-state index contributed by atoms with van der Waals surface area (Å²) >= 11 is 0. The van der Waals surface area contributed by atoms with Crippen LogP contribution in [0.25, 0.3) is 11.4 Å². The Morgan fingerprint density at radius 1 is 1.05 bits per heavy atom. The van der Waals surface area contributed by atoms with Crippen LogP contribution in [0.15, 0.2) is 24.4 Å². The van der Waals surface area contributed by atoms with E-state index < -0.39 is 0 Å². The second kappa shape index (κ2) is 5.83. The predicted molar refractivity (Wildman–Crippen MR) is 80.5 cm³/mol. The molecule has 1 aromatic carbocycles. The lowest BCUT2D eigenvalue weighted by Gasteiger charge is -2.10. The smallest absolute Gasteiger partial charge is 0.161 e. The summed E-state index contributed by atoms with van der Waals surface area (Å²) < 4.78 is 0. The van der Waals surface area contributed by atoms with Crippen LogP contribution in [0.3, 0.4) is 0 Å². The summed E-state index contributed by atoms with van der Waals surface area (Å²) in [6.07, 6.45) is 2.90. The summed E-state index contributed by atoms with van der Waals surface area (Å²) in [5.74, 6) is 1.69. The first-order valence-electron chi connectivity index (χ1n) is 6.77. The molecule has 0 saturated heterocycles. The Bertz CT molecular complexity index is 576. The van der Waals surface area contributed by atoms with Crippen LogP contribution in [0.5, 0.6) is 0 Å². The minimum atomic E-state index is 0.793. The third kappa shape index (κ3) is 3.11. The summed E-state index contributed by atoms with van der Waals surface area (Å²) in [6, 6.07) is 6.28.